The Morgan fingerprint density at radius 2 is 0.857 bits per heavy atom. The maximum absolute atomic E-state index is 12.8. The van der Waals surface area contributed by atoms with E-state index in [9.17, 15) is 119 Å². The van der Waals surface area contributed by atoms with Crippen LogP contribution < -0.4 is 15.2 Å². The lowest BCUT2D eigenvalue weighted by Crippen LogP contribution is -2.70. The lowest BCUT2D eigenvalue weighted by atomic mass is 9.94. The number of ether oxygens (including phenoxy) is 8. The van der Waals surface area contributed by atoms with Gasteiger partial charge in [0.1, 0.15) is 73.1 Å². The van der Waals surface area contributed by atoms with E-state index in [0.29, 0.717) is 12.8 Å². The van der Waals surface area contributed by atoms with Crippen LogP contribution in [0.4, 0.5) is 0 Å². The lowest BCUT2D eigenvalue weighted by molar-refractivity contribution is -0.367. The Hall–Kier alpha value is -2.40. The fourth-order valence-electron chi connectivity index (χ4n) is 7.59. The van der Waals surface area contributed by atoms with Crippen LogP contribution in [-0.4, -0.2) is 275 Å². The number of hydrogen-bond donors (Lipinski definition) is 16. The number of carboxylic acid groups (broad SMARTS) is 2. The molecule has 4 saturated heterocycles. The van der Waals surface area contributed by atoms with Crippen molar-refractivity contribution in [2.24, 2.45) is 5.73 Å². The molecule has 452 valence electrons. The predicted molar refractivity (Wildman–Crippen MR) is 228 cm³/mol. The van der Waals surface area contributed by atoms with Gasteiger partial charge in [-0.3, -0.25) is 27.3 Å². The summed E-state index contributed by atoms with van der Waals surface area (Å²) in [6.07, 6.45) is -48.3. The van der Waals surface area contributed by atoms with Crippen molar-refractivity contribution < 1.29 is 178 Å². The lowest BCUT2D eigenvalue weighted by Gasteiger charge is -2.49. The van der Waals surface area contributed by atoms with Gasteiger partial charge in [-0.2, -0.15) is 60.0 Å². The molecular weight excluding hydrogens is 1210 g/mol. The van der Waals surface area contributed by atoms with E-state index in [2.05, 4.69) is 16.7 Å². The maximum atomic E-state index is 12.8. The first-order chi connectivity index (χ1) is 35.1. The Labute approximate surface area is 433 Å². The summed E-state index contributed by atoms with van der Waals surface area (Å²) in [5, 5.41) is 76.2. The molecule has 0 aromatic rings. The minimum atomic E-state index is -6.05. The maximum Gasteiger partial charge on any atom is 0.397 e. The van der Waals surface area contributed by atoms with Gasteiger partial charge in [-0.25, -0.2) is 26.3 Å². The summed E-state index contributed by atoms with van der Waals surface area (Å²) in [5.41, 5.74) is 5.42. The molecule has 0 aromatic heterocycles. The van der Waals surface area contributed by atoms with Crippen molar-refractivity contribution in [3.8, 4) is 0 Å². The van der Waals surface area contributed by atoms with Gasteiger partial charge in [0.25, 0.3) is 0 Å². The zero-order chi connectivity index (χ0) is 58.6. The van der Waals surface area contributed by atoms with Gasteiger partial charge in [0, 0.05) is 6.61 Å². The highest BCUT2D eigenvalue weighted by molar-refractivity contribution is 7.84. The highest BCUT2D eigenvalue weighted by Crippen LogP contribution is 2.37. The van der Waals surface area contributed by atoms with E-state index < -0.39 is 210 Å². The van der Waals surface area contributed by atoms with Crippen LogP contribution in [0.1, 0.15) is 19.3 Å². The first kappa shape index (κ1) is 67.1. The van der Waals surface area contributed by atoms with Crippen LogP contribution in [0.5, 0.6) is 0 Å². The number of aliphatic carboxylic acids is 2. The number of aliphatic hydroxyl groups excluding tert-OH is 5. The van der Waals surface area contributed by atoms with Gasteiger partial charge >= 0.3 is 74.1 Å². The van der Waals surface area contributed by atoms with Crippen molar-refractivity contribution in [1.29, 1.82) is 0 Å². The number of nitrogens with one attached hydrogen (secondary N) is 2. The van der Waals surface area contributed by atoms with E-state index in [1.165, 1.54) is 9.44 Å². The molecule has 4 aliphatic heterocycles. The molecule has 0 bridgehead atoms. The first-order valence-electron chi connectivity index (χ1n) is 20.9. The standard InChI is InChI=1S/C29H51N3O39S6/c30-4-2-1-3-5-60-28-20(70-76(54,55)56)15(36)18(22(68-28)24(38)39)67-27-11(32-73(45,46)47)14(35)17(9(64-27)7-62-75(51,52)53)65-29-21(71-77(57,58)59)16(37)19(23(69-29)25(40)41)66-26-10(31-72(42,43)44)13(34)12(33)8(63-26)6-61-74(48,49)50/h8-23,26-29,31-37H,1-7,30H2,(H,38,39)(H,40,41)(H,42,43,44)(H,45,46,47)(H,48,49,50)(H,51,52,53)(H,54,55,56)(H,57,58,59)/t8-,9-,10-,11-,12-,13-,14-,15+,16+,17-,18+,19+,20-,21-,22?,23-,26-,27-,28-,29-/m1/s1. The van der Waals surface area contributed by atoms with Crippen LogP contribution in [0, 0.1) is 0 Å². The first-order valence-corrected chi connectivity index (χ1v) is 29.2. The van der Waals surface area contributed by atoms with Gasteiger partial charge < -0.3 is 79.4 Å². The van der Waals surface area contributed by atoms with Crippen molar-refractivity contribution in [3.05, 3.63) is 0 Å². The third-order valence-electron chi connectivity index (χ3n) is 10.7. The normalized spacial score (nSPS) is 37.0. The molecule has 4 rings (SSSR count). The summed E-state index contributed by atoms with van der Waals surface area (Å²) in [7, 11) is -34.2. The Kier molecular flexibility index (Phi) is 23.2. The summed E-state index contributed by atoms with van der Waals surface area (Å²) in [6.45, 7) is -3.41. The number of unbranched alkanes of at least 4 members (excludes halogenated alkanes) is 2. The molecule has 4 aliphatic rings. The number of hydrogen-bond acceptors (Lipinski definition) is 32. The molecule has 48 heteroatoms. The molecule has 77 heavy (non-hydrogen) atoms. The molecule has 0 aliphatic carbocycles. The van der Waals surface area contributed by atoms with Crippen LogP contribution in [0.15, 0.2) is 0 Å². The molecule has 0 radical (unpaired) electrons. The average Bonchev–Trinajstić information content (AvgIpc) is 3.25. The summed E-state index contributed by atoms with van der Waals surface area (Å²) < 4.78 is 262. The van der Waals surface area contributed by atoms with Crippen LogP contribution in [0.3, 0.4) is 0 Å². The van der Waals surface area contributed by atoms with Gasteiger partial charge in [-0.05, 0) is 25.8 Å². The molecule has 0 aromatic carbocycles. The molecule has 0 amide bonds. The number of carbonyl (C=O) groups is 2. The summed E-state index contributed by atoms with van der Waals surface area (Å²) in [5.74, 6) is -4.48. The summed E-state index contributed by atoms with van der Waals surface area (Å²) in [4.78, 5) is 25.3. The van der Waals surface area contributed by atoms with Gasteiger partial charge in [0.15, 0.2) is 49.6 Å². The highest BCUT2D eigenvalue weighted by Gasteiger charge is 2.60. The second-order valence-corrected chi connectivity index (χ2v) is 22.9. The van der Waals surface area contributed by atoms with E-state index in [1.807, 2.05) is 0 Å². The summed E-state index contributed by atoms with van der Waals surface area (Å²) in [6, 6.07) is -5.38. The van der Waals surface area contributed by atoms with Crippen LogP contribution in [0.25, 0.3) is 0 Å². The Bertz CT molecular complexity index is 2700. The minimum absolute atomic E-state index is 0.139. The highest BCUT2D eigenvalue weighted by atomic mass is 32.3. The van der Waals surface area contributed by atoms with Crippen LogP contribution >= 0.6 is 0 Å². The van der Waals surface area contributed by atoms with E-state index >= 15 is 0 Å². The number of nitrogens with two attached hydrogens (primary N) is 1. The van der Waals surface area contributed by atoms with Crippen LogP contribution in [0.2, 0.25) is 0 Å². The number of carboxylic acids is 2. The Morgan fingerprint density at radius 1 is 0.455 bits per heavy atom. The Balaban J connectivity index is 1.80. The summed E-state index contributed by atoms with van der Waals surface area (Å²) >= 11 is 0. The average molecular weight is 1260 g/mol. The zero-order valence-electron chi connectivity index (χ0n) is 38.0. The molecule has 1 unspecified atom stereocenters. The van der Waals surface area contributed by atoms with Gasteiger partial charge in [-0.1, -0.05) is 0 Å². The van der Waals surface area contributed by atoms with Crippen molar-refractivity contribution in [2.75, 3.05) is 26.4 Å². The van der Waals surface area contributed by atoms with Gasteiger partial charge in [0.05, 0.1) is 13.2 Å². The third-order valence-corrected chi connectivity index (χ3v) is 13.6. The molecule has 42 nitrogen and oxygen atoms in total. The topological polar surface area (TPSA) is 663 Å². The SMILES string of the molecule is NCCCCCO[C@@H]1OC(C(=O)O)[C@@H](O[C@H]2O[C@H](COS(=O)(=O)O)[C@@H](O[C@@H]3O[C@@H](C(=O)O)[C@@H](O[C@H]4O[C@H](COS(=O)(=O)O)[C@@H](O)[C@H](O)[C@H]4NS(=O)(=O)O)[C@H](O)[C@H]3OS(=O)(=O)O)[C@H](O)[C@H]2NS(=O)(=O)O)[C@H](O)[C@H]1OS(=O)(=O)O. The smallest absolute Gasteiger partial charge is 0.397 e. The van der Waals surface area contributed by atoms with Crippen LogP contribution in [-0.2, 0) is 126 Å². The molecule has 4 heterocycles. The third kappa shape index (κ3) is 20.2. The van der Waals surface area contributed by atoms with E-state index in [4.69, 9.17) is 48.2 Å². The molecule has 4 fully saturated rings. The number of aliphatic hydroxyl groups is 5. The van der Waals surface area contributed by atoms with Crippen molar-refractivity contribution in [2.45, 2.75) is 142 Å². The Morgan fingerprint density at radius 3 is 1.27 bits per heavy atom. The molecule has 0 spiro atoms. The quantitative estimate of drug-likeness (QED) is 0.0255. The van der Waals surface area contributed by atoms with Gasteiger partial charge in [0.2, 0.25) is 0 Å². The second-order valence-electron chi connectivity index (χ2n) is 16.2. The zero-order valence-corrected chi connectivity index (χ0v) is 42.9. The van der Waals surface area contributed by atoms with E-state index in [0.717, 1.165) is 0 Å². The van der Waals surface area contributed by atoms with E-state index in [-0.39, 0.29) is 19.6 Å². The molecular formula is C29H51N3O39S6. The minimum Gasteiger partial charge on any atom is -0.479 e. The largest absolute Gasteiger partial charge is 0.479 e. The monoisotopic (exact) mass is 1260 g/mol. The fourth-order valence-corrected chi connectivity index (χ4v) is 10.4. The van der Waals surface area contributed by atoms with Gasteiger partial charge in [-0.15, -0.1) is 0 Å². The molecule has 17 N–H and O–H groups in total. The van der Waals surface area contributed by atoms with Crippen molar-refractivity contribution in [1.82, 2.24) is 9.44 Å². The molecule has 0 saturated carbocycles. The number of rotatable bonds is 28. The molecule has 20 atom stereocenters. The fraction of sp³-hybridized carbons (Fsp3) is 0.931. The second kappa shape index (κ2) is 26.7. The van der Waals surface area contributed by atoms with Crippen molar-refractivity contribution >= 4 is 74.1 Å². The predicted octanol–water partition coefficient (Wildman–Crippen LogP) is -10.3. The van der Waals surface area contributed by atoms with Crippen molar-refractivity contribution in [3.63, 3.8) is 0 Å². The van der Waals surface area contributed by atoms with E-state index in [1.54, 1.807) is 0 Å².